The van der Waals surface area contributed by atoms with Crippen LogP contribution in [0.5, 0.6) is 0 Å². The van der Waals surface area contributed by atoms with E-state index in [0.717, 1.165) is 0 Å². The maximum Gasteiger partial charge on any atom is 0.326 e. The van der Waals surface area contributed by atoms with E-state index in [-0.39, 0.29) is 23.2 Å². The van der Waals surface area contributed by atoms with Crippen molar-refractivity contribution in [3.05, 3.63) is 29.8 Å². The van der Waals surface area contributed by atoms with E-state index in [9.17, 15) is 23.1 Å². The third-order valence-corrected chi connectivity index (χ3v) is 5.02. The summed E-state index contributed by atoms with van der Waals surface area (Å²) in [7, 11) is -2.23. The summed E-state index contributed by atoms with van der Waals surface area (Å²) in [6, 6.07) is 5.38. The van der Waals surface area contributed by atoms with E-state index < -0.39 is 27.9 Å². The fourth-order valence-corrected chi connectivity index (χ4v) is 3.84. The molecule has 1 heterocycles. The second-order valence-electron chi connectivity index (χ2n) is 6.33. The van der Waals surface area contributed by atoms with Gasteiger partial charge in [-0.05, 0) is 24.5 Å². The number of hydrogen-bond acceptors (Lipinski definition) is 5. The molecule has 1 aromatic carbocycles. The smallest absolute Gasteiger partial charge is 0.326 e. The number of carboxylic acids is 1. The molecule has 1 aliphatic heterocycles. The summed E-state index contributed by atoms with van der Waals surface area (Å²) in [5, 5.41) is 11.6. The van der Waals surface area contributed by atoms with Crippen LogP contribution in [0.1, 0.15) is 25.8 Å². The van der Waals surface area contributed by atoms with Crippen LogP contribution in [0.4, 0.5) is 0 Å². The summed E-state index contributed by atoms with van der Waals surface area (Å²) in [4.78, 5) is 24.9. The third-order valence-electron chi connectivity index (χ3n) is 3.70. The van der Waals surface area contributed by atoms with Crippen molar-refractivity contribution >= 4 is 27.7 Å². The Kier molecular flexibility index (Phi) is 5.46. The zero-order valence-corrected chi connectivity index (χ0v) is 15.1. The van der Waals surface area contributed by atoms with Crippen molar-refractivity contribution in [3.63, 3.8) is 0 Å². The monoisotopic (exact) mass is 367 g/mol. The van der Waals surface area contributed by atoms with Crippen LogP contribution in [0.2, 0.25) is 0 Å². The van der Waals surface area contributed by atoms with Gasteiger partial charge < -0.3 is 15.3 Å². The zero-order valence-electron chi connectivity index (χ0n) is 14.3. The first-order valence-corrected chi connectivity index (χ1v) is 9.23. The molecule has 8 nitrogen and oxygen atoms in total. The summed E-state index contributed by atoms with van der Waals surface area (Å²) in [6.07, 6.45) is 0.308. The van der Waals surface area contributed by atoms with Crippen LogP contribution in [-0.2, 0) is 19.6 Å². The van der Waals surface area contributed by atoms with Gasteiger partial charge in [0.15, 0.2) is 5.84 Å². The minimum Gasteiger partial charge on any atom is -0.480 e. The Hall–Kier alpha value is -2.42. The fraction of sp³-hybridized carbons (Fsp3) is 0.438. The number of likely N-dealkylation sites (N-methyl/N-ethyl adjacent to an activating group) is 1. The van der Waals surface area contributed by atoms with Gasteiger partial charge in [-0.2, -0.15) is 8.42 Å². The van der Waals surface area contributed by atoms with Crippen LogP contribution in [0.3, 0.4) is 0 Å². The number of nitrogens with zero attached hydrogens (tertiary/aromatic N) is 2. The Morgan fingerprint density at radius 2 is 1.92 bits per heavy atom. The summed E-state index contributed by atoms with van der Waals surface area (Å²) in [5.41, 5.74) is 0.426. The Labute approximate surface area is 146 Å². The summed E-state index contributed by atoms with van der Waals surface area (Å²) in [6.45, 7) is 3.52. The second kappa shape index (κ2) is 7.22. The van der Waals surface area contributed by atoms with Gasteiger partial charge in [0, 0.05) is 12.6 Å². The molecule has 0 spiro atoms. The molecule has 0 saturated carbocycles. The molecule has 9 heteroatoms. The number of hydrogen-bond donors (Lipinski definition) is 2. The highest BCUT2D eigenvalue weighted by atomic mass is 32.2. The SMILES string of the molecule is CC(C)C[C@H](NC(=O)CN(C)C1=NS(=O)(=O)c2ccccc21)C(=O)O. The molecule has 0 aliphatic carbocycles. The molecule has 0 saturated heterocycles. The predicted octanol–water partition coefficient (Wildman–Crippen LogP) is 0.683. The molecule has 0 bridgehead atoms. The van der Waals surface area contributed by atoms with Gasteiger partial charge in [-0.3, -0.25) is 4.79 Å². The molecule has 0 unspecified atom stereocenters. The predicted molar refractivity (Wildman–Crippen MR) is 91.8 cm³/mol. The minimum absolute atomic E-state index is 0.0977. The largest absolute Gasteiger partial charge is 0.480 e. The maximum atomic E-state index is 12.2. The lowest BCUT2D eigenvalue weighted by Crippen LogP contribution is -2.46. The average Bonchev–Trinajstić information content (AvgIpc) is 2.78. The molecule has 0 fully saturated rings. The number of aliphatic carboxylic acids is 1. The van der Waals surface area contributed by atoms with Crippen molar-refractivity contribution in [2.75, 3.05) is 13.6 Å². The second-order valence-corrected chi connectivity index (χ2v) is 7.90. The highest BCUT2D eigenvalue weighted by Crippen LogP contribution is 2.26. The molecule has 1 atom stereocenters. The summed E-state index contributed by atoms with van der Waals surface area (Å²) >= 11 is 0. The van der Waals surface area contributed by atoms with Crippen molar-refractivity contribution in [2.24, 2.45) is 10.3 Å². The first kappa shape index (κ1) is 18.9. The van der Waals surface area contributed by atoms with Crippen LogP contribution in [0.15, 0.2) is 33.6 Å². The molecule has 0 aromatic heterocycles. The molecule has 136 valence electrons. The Bertz CT molecular complexity index is 817. The van der Waals surface area contributed by atoms with Crippen molar-refractivity contribution in [1.82, 2.24) is 10.2 Å². The van der Waals surface area contributed by atoms with Gasteiger partial charge in [-0.1, -0.05) is 26.0 Å². The quantitative estimate of drug-likeness (QED) is 0.764. The number of nitrogens with one attached hydrogen (secondary N) is 1. The summed E-state index contributed by atoms with van der Waals surface area (Å²) < 4.78 is 27.8. The Morgan fingerprint density at radius 1 is 1.28 bits per heavy atom. The number of fused-ring (bicyclic) bond motifs is 1. The van der Waals surface area contributed by atoms with Gasteiger partial charge >= 0.3 is 5.97 Å². The molecule has 1 amide bonds. The van der Waals surface area contributed by atoms with Gasteiger partial charge in [0.05, 0.1) is 6.54 Å². The highest BCUT2D eigenvalue weighted by Gasteiger charge is 2.31. The first-order chi connectivity index (χ1) is 11.6. The molecule has 2 N–H and O–H groups in total. The van der Waals surface area contributed by atoms with E-state index in [1.165, 1.54) is 18.0 Å². The summed E-state index contributed by atoms with van der Waals surface area (Å²) in [5.74, 6) is -1.34. The van der Waals surface area contributed by atoms with E-state index >= 15 is 0 Å². The lowest BCUT2D eigenvalue weighted by Gasteiger charge is -2.21. The van der Waals surface area contributed by atoms with Gasteiger partial charge in [-0.25, -0.2) is 4.79 Å². The van der Waals surface area contributed by atoms with Crippen molar-refractivity contribution in [2.45, 2.75) is 31.2 Å². The van der Waals surface area contributed by atoms with Gasteiger partial charge in [0.25, 0.3) is 10.0 Å². The Balaban J connectivity index is 2.11. The van der Waals surface area contributed by atoms with Crippen LogP contribution >= 0.6 is 0 Å². The van der Waals surface area contributed by atoms with E-state index in [4.69, 9.17) is 0 Å². The van der Waals surface area contributed by atoms with Crippen LogP contribution in [-0.4, -0.2) is 55.8 Å². The highest BCUT2D eigenvalue weighted by molar-refractivity contribution is 7.90. The number of benzene rings is 1. The molecular formula is C16H21N3O5S. The average molecular weight is 367 g/mol. The van der Waals surface area contributed by atoms with E-state index in [1.807, 2.05) is 13.8 Å². The van der Waals surface area contributed by atoms with Crippen LogP contribution in [0, 0.1) is 5.92 Å². The number of carbonyl (C=O) groups is 2. The van der Waals surface area contributed by atoms with Crippen molar-refractivity contribution in [3.8, 4) is 0 Å². The standard InChI is InChI=1S/C16H21N3O5S/c1-10(2)8-12(16(21)22)17-14(20)9-19(3)15-11-6-4-5-7-13(11)25(23,24)18-15/h4-7,10,12H,8-9H2,1-3H3,(H,17,20)(H,21,22)/t12-/m0/s1. The van der Waals surface area contributed by atoms with Gasteiger partial charge in [0.2, 0.25) is 5.91 Å². The first-order valence-electron chi connectivity index (χ1n) is 7.79. The lowest BCUT2D eigenvalue weighted by molar-refractivity contribution is -0.142. The number of rotatable bonds is 6. The maximum absolute atomic E-state index is 12.2. The number of carboxylic acid groups (broad SMARTS) is 1. The fourth-order valence-electron chi connectivity index (χ4n) is 2.59. The van der Waals surface area contributed by atoms with E-state index in [2.05, 4.69) is 9.71 Å². The lowest BCUT2D eigenvalue weighted by atomic mass is 10.0. The molecule has 0 radical (unpaired) electrons. The minimum atomic E-state index is -3.77. The molecule has 2 rings (SSSR count). The molecule has 1 aliphatic rings. The number of carbonyl (C=O) groups excluding carboxylic acids is 1. The van der Waals surface area contributed by atoms with Crippen LogP contribution in [0.25, 0.3) is 0 Å². The van der Waals surface area contributed by atoms with Crippen molar-refractivity contribution < 1.29 is 23.1 Å². The van der Waals surface area contributed by atoms with Gasteiger partial charge in [-0.15, -0.1) is 4.40 Å². The normalized spacial score (nSPS) is 16.1. The number of amides is 1. The van der Waals surface area contributed by atoms with Gasteiger partial charge in [0.1, 0.15) is 10.9 Å². The zero-order chi connectivity index (χ0) is 18.8. The molecule has 1 aromatic rings. The van der Waals surface area contributed by atoms with Crippen LogP contribution < -0.4 is 5.32 Å². The third kappa shape index (κ3) is 4.36. The topological polar surface area (TPSA) is 116 Å². The molecular weight excluding hydrogens is 346 g/mol. The number of sulfonamides is 1. The molecule has 25 heavy (non-hydrogen) atoms. The van der Waals surface area contributed by atoms with E-state index in [0.29, 0.717) is 12.0 Å². The van der Waals surface area contributed by atoms with Crippen molar-refractivity contribution in [1.29, 1.82) is 0 Å². The van der Waals surface area contributed by atoms with E-state index in [1.54, 1.807) is 18.2 Å². The number of amidine groups is 1. The Morgan fingerprint density at radius 3 is 2.52 bits per heavy atom.